The average molecular weight is 839 g/mol. The highest BCUT2D eigenvalue weighted by Crippen LogP contribution is 2.34. The van der Waals surface area contributed by atoms with Gasteiger partial charge >= 0.3 is 12.4 Å². The van der Waals surface area contributed by atoms with Gasteiger partial charge in [0.1, 0.15) is 0 Å². The third kappa shape index (κ3) is 13.5. The van der Waals surface area contributed by atoms with Gasteiger partial charge in [-0.2, -0.15) is 26.3 Å². The lowest BCUT2D eigenvalue weighted by Crippen LogP contribution is -2.34. The van der Waals surface area contributed by atoms with Crippen LogP contribution in [0.3, 0.4) is 0 Å². The van der Waals surface area contributed by atoms with Crippen LogP contribution in [0.1, 0.15) is 67.8 Å². The number of anilines is 4. The number of nitrogens with one attached hydrogen (secondary N) is 4. The van der Waals surface area contributed by atoms with Crippen molar-refractivity contribution in [1.82, 2.24) is 15.5 Å². The molecule has 60 heavy (non-hydrogen) atoms. The van der Waals surface area contributed by atoms with Gasteiger partial charge < -0.3 is 43.4 Å². The molecule has 0 saturated carbocycles. The fraction of sp³-hybridized carbons (Fsp3) is 0.318. The minimum absolute atomic E-state index is 0.139. The van der Waals surface area contributed by atoms with Gasteiger partial charge in [0.05, 0.1) is 22.7 Å². The van der Waals surface area contributed by atoms with E-state index in [0.29, 0.717) is 60.7 Å². The molecule has 4 aromatic carbocycles. The number of halogens is 6. The molecule has 2 atom stereocenters. The molecule has 1 unspecified atom stereocenters. The van der Waals surface area contributed by atoms with Crippen LogP contribution in [0.5, 0.6) is 0 Å². The van der Waals surface area contributed by atoms with Gasteiger partial charge in [-0.15, -0.1) is 0 Å². The fourth-order valence-electron chi connectivity index (χ4n) is 6.58. The zero-order chi connectivity index (χ0) is 44.2. The monoisotopic (exact) mass is 838 g/mol. The number of benzene rings is 4. The van der Waals surface area contributed by atoms with Gasteiger partial charge in [-0.05, 0) is 119 Å². The zero-order valence-corrected chi connectivity index (χ0v) is 33.9. The Morgan fingerprint density at radius 2 is 1.03 bits per heavy atom. The van der Waals surface area contributed by atoms with Crippen LogP contribution in [0.15, 0.2) is 120 Å². The molecular weight excluding hydrogens is 787 g/mol. The first-order chi connectivity index (χ1) is 28.2. The Labute approximate surface area is 346 Å². The van der Waals surface area contributed by atoms with Crippen LogP contribution in [0, 0.1) is 0 Å². The predicted octanol–water partition coefficient (Wildman–Crippen LogP) is 8.41. The molecule has 0 bridgehead atoms. The number of nitrogens with zero attached hydrogens (tertiary/aromatic N) is 1. The van der Waals surface area contributed by atoms with Gasteiger partial charge in [0.2, 0.25) is 5.91 Å². The summed E-state index contributed by atoms with van der Waals surface area (Å²) in [6.07, 6.45) is -7.96. The number of carbonyl (C=O) groups is 2. The van der Waals surface area contributed by atoms with Crippen LogP contribution in [0.2, 0.25) is 0 Å². The highest BCUT2D eigenvalue weighted by Gasteiger charge is 2.32. The molecule has 4 rings (SSSR count). The normalized spacial score (nSPS) is 13.8. The van der Waals surface area contributed by atoms with Crippen LogP contribution < -0.4 is 38.5 Å². The van der Waals surface area contributed by atoms with Gasteiger partial charge in [0, 0.05) is 58.7 Å². The molecule has 4 aromatic rings. The lowest BCUT2D eigenvalue weighted by atomic mass is 9.90. The molecule has 0 saturated heterocycles. The van der Waals surface area contributed by atoms with E-state index in [0.717, 1.165) is 29.8 Å². The van der Waals surface area contributed by atoms with Crippen LogP contribution in [0.4, 0.5) is 49.1 Å². The summed E-state index contributed by atoms with van der Waals surface area (Å²) in [5, 5.41) is 11.7. The van der Waals surface area contributed by atoms with Crippen molar-refractivity contribution in [3.8, 4) is 0 Å². The summed E-state index contributed by atoms with van der Waals surface area (Å²) >= 11 is 0. The molecule has 2 amide bonds. The van der Waals surface area contributed by atoms with Crippen molar-refractivity contribution in [3.05, 3.63) is 142 Å². The molecular formula is C44H52F6N8O2. The molecule has 0 radical (unpaired) electrons. The standard InChI is InChI=1S/C44H52F6N8O2/c1-27(30-13-17-34(51)18-14-30)38(28(2)56-36-11-5-9-32(25-36)43(45,46)47)41(59)54-21-7-23-58(4)24-8-22-55-42(60)39(40(53)31-15-19-35(52)20-16-31)29(3)57-37-12-6-10-33(26-37)44(48,49)50/h5-6,9-20,25-27,40,56-57H,7-8,21-24,51-53H2,1-4H3,(H,54,59)(H,55,60)/b38-28+,39-29+/t27-,40?/m0/s1. The minimum Gasteiger partial charge on any atom is -0.399 e. The maximum absolute atomic E-state index is 13.7. The number of carbonyl (C=O) groups excluding carboxylic acids is 2. The fourth-order valence-corrected chi connectivity index (χ4v) is 6.58. The Morgan fingerprint density at radius 3 is 1.47 bits per heavy atom. The van der Waals surface area contributed by atoms with E-state index in [4.69, 9.17) is 17.2 Å². The van der Waals surface area contributed by atoms with Crippen molar-refractivity contribution in [2.24, 2.45) is 5.73 Å². The summed E-state index contributed by atoms with van der Waals surface area (Å²) in [6.45, 7) is 6.81. The number of hydrogen-bond donors (Lipinski definition) is 7. The summed E-state index contributed by atoms with van der Waals surface area (Å²) in [7, 11) is 1.90. The summed E-state index contributed by atoms with van der Waals surface area (Å²) in [5.41, 5.74) is 20.5. The Bertz CT molecular complexity index is 1980. The number of rotatable bonds is 18. The first-order valence-electron chi connectivity index (χ1n) is 19.3. The number of allylic oxidation sites excluding steroid dienone is 2. The van der Waals surface area contributed by atoms with Crippen LogP contribution in [-0.2, 0) is 21.9 Å². The summed E-state index contributed by atoms with van der Waals surface area (Å²) in [5.74, 6) is -1.30. The highest BCUT2D eigenvalue weighted by atomic mass is 19.4. The van der Waals surface area contributed by atoms with E-state index >= 15 is 0 Å². The molecule has 0 aromatic heterocycles. The molecule has 0 aliphatic heterocycles. The lowest BCUT2D eigenvalue weighted by molar-refractivity contribution is -0.138. The van der Waals surface area contributed by atoms with E-state index in [2.05, 4.69) is 21.3 Å². The first kappa shape index (κ1) is 46.7. The molecule has 322 valence electrons. The Kier molecular flexibility index (Phi) is 16.2. The van der Waals surface area contributed by atoms with Gasteiger partial charge in [0.25, 0.3) is 5.91 Å². The second kappa shape index (κ2) is 20.8. The Hall–Kier alpha value is -6.00. The molecule has 0 aliphatic rings. The molecule has 10 nitrogen and oxygen atoms in total. The summed E-state index contributed by atoms with van der Waals surface area (Å²) < 4.78 is 80.3. The van der Waals surface area contributed by atoms with Crippen LogP contribution in [0.25, 0.3) is 0 Å². The van der Waals surface area contributed by atoms with Crippen LogP contribution >= 0.6 is 0 Å². The Morgan fingerprint density at radius 1 is 0.633 bits per heavy atom. The molecule has 0 aliphatic carbocycles. The topological polar surface area (TPSA) is 164 Å². The Balaban J connectivity index is 1.35. The smallest absolute Gasteiger partial charge is 0.399 e. The van der Waals surface area contributed by atoms with E-state index in [9.17, 15) is 35.9 Å². The van der Waals surface area contributed by atoms with E-state index in [1.165, 1.54) is 24.3 Å². The third-order valence-corrected chi connectivity index (χ3v) is 9.82. The zero-order valence-electron chi connectivity index (χ0n) is 33.9. The lowest BCUT2D eigenvalue weighted by Gasteiger charge is -2.22. The van der Waals surface area contributed by atoms with Crippen molar-refractivity contribution in [2.75, 3.05) is 55.3 Å². The summed E-state index contributed by atoms with van der Waals surface area (Å²) in [4.78, 5) is 29.3. The third-order valence-electron chi connectivity index (χ3n) is 9.82. The molecule has 0 fully saturated rings. The second-order valence-electron chi connectivity index (χ2n) is 14.5. The van der Waals surface area contributed by atoms with Gasteiger partial charge in [-0.3, -0.25) is 9.59 Å². The number of nitrogen functional groups attached to an aromatic ring is 2. The maximum Gasteiger partial charge on any atom is 0.416 e. The SMILES string of the molecule is C/C(Nc1cccc(C(F)(F)F)c1)=C(\C(=O)NCCCN(C)CCCNC(=O)/C(=C(\C)Nc1cccc(C(F)(F)F)c1)[C@@H](C)c1ccc(N)cc1)C(N)c1ccc(N)cc1. The molecule has 16 heteroatoms. The number of hydrogen-bond acceptors (Lipinski definition) is 8. The molecule has 0 heterocycles. The second-order valence-corrected chi connectivity index (χ2v) is 14.5. The van der Waals surface area contributed by atoms with Gasteiger partial charge in [-0.1, -0.05) is 43.3 Å². The largest absolute Gasteiger partial charge is 0.416 e. The number of alkyl halides is 6. The molecule has 10 N–H and O–H groups in total. The van der Waals surface area contributed by atoms with Crippen molar-refractivity contribution in [1.29, 1.82) is 0 Å². The first-order valence-corrected chi connectivity index (χ1v) is 19.3. The molecule has 0 spiro atoms. The quantitative estimate of drug-likeness (QED) is 0.0227. The highest BCUT2D eigenvalue weighted by molar-refractivity contribution is 5.96. The van der Waals surface area contributed by atoms with Gasteiger partial charge in [0.15, 0.2) is 0 Å². The number of amides is 2. The van der Waals surface area contributed by atoms with E-state index in [1.807, 2.05) is 18.9 Å². The van der Waals surface area contributed by atoms with E-state index in [-0.39, 0.29) is 35.1 Å². The van der Waals surface area contributed by atoms with Crippen molar-refractivity contribution in [2.45, 2.75) is 57.9 Å². The number of nitrogens with two attached hydrogens (primary N) is 3. The predicted molar refractivity (Wildman–Crippen MR) is 225 cm³/mol. The van der Waals surface area contributed by atoms with E-state index in [1.54, 1.807) is 62.4 Å². The van der Waals surface area contributed by atoms with E-state index < -0.39 is 41.3 Å². The maximum atomic E-state index is 13.7. The van der Waals surface area contributed by atoms with Crippen molar-refractivity contribution >= 4 is 34.6 Å². The van der Waals surface area contributed by atoms with Crippen molar-refractivity contribution < 1.29 is 35.9 Å². The average Bonchev–Trinajstić information content (AvgIpc) is 3.18. The minimum atomic E-state index is -4.55. The summed E-state index contributed by atoms with van der Waals surface area (Å²) in [6, 6.07) is 22.2. The van der Waals surface area contributed by atoms with Gasteiger partial charge in [-0.25, -0.2) is 0 Å². The van der Waals surface area contributed by atoms with Crippen LogP contribution in [-0.4, -0.2) is 49.9 Å². The van der Waals surface area contributed by atoms with Crippen molar-refractivity contribution in [3.63, 3.8) is 0 Å².